The molecule has 0 aliphatic heterocycles. The molecular weight excluding hydrogens is 272 g/mol. The number of carboxylic acids is 1. The van der Waals surface area contributed by atoms with Gasteiger partial charge in [-0.3, -0.25) is 0 Å². The van der Waals surface area contributed by atoms with E-state index in [4.69, 9.17) is 9.84 Å². The molecule has 2 rings (SSSR count). The van der Waals surface area contributed by atoms with Gasteiger partial charge in [0.2, 0.25) is 11.8 Å². The van der Waals surface area contributed by atoms with Crippen LogP contribution in [0.15, 0.2) is 24.4 Å². The number of nitrogens with zero attached hydrogens (tertiary/aromatic N) is 3. The largest absolute Gasteiger partial charge is 0.478 e. The Morgan fingerprint density at radius 1 is 1.38 bits per heavy atom. The van der Waals surface area contributed by atoms with Gasteiger partial charge < -0.3 is 15.2 Å². The highest BCUT2D eigenvalue weighted by Crippen LogP contribution is 2.12. The summed E-state index contributed by atoms with van der Waals surface area (Å²) in [7, 11) is 0. The van der Waals surface area contributed by atoms with Crippen molar-refractivity contribution in [3.05, 3.63) is 41.3 Å². The summed E-state index contributed by atoms with van der Waals surface area (Å²) >= 11 is 0. The van der Waals surface area contributed by atoms with Crippen molar-refractivity contribution in [2.24, 2.45) is 0 Å². The molecular formula is C14H16N4O3. The molecule has 7 heteroatoms. The number of nitrogens with one attached hydrogen (secondary N) is 1. The molecule has 0 radical (unpaired) electrons. The minimum absolute atomic E-state index is 0.0178. The van der Waals surface area contributed by atoms with Crippen molar-refractivity contribution in [1.82, 2.24) is 15.0 Å². The van der Waals surface area contributed by atoms with Crippen LogP contribution in [0.3, 0.4) is 0 Å². The Hall–Kier alpha value is -2.70. The molecule has 0 fully saturated rings. The minimum Gasteiger partial charge on any atom is -0.478 e. The van der Waals surface area contributed by atoms with Gasteiger partial charge in [0, 0.05) is 24.5 Å². The van der Waals surface area contributed by atoms with Crippen molar-refractivity contribution in [2.45, 2.75) is 20.4 Å². The number of hydrogen-bond donors (Lipinski definition) is 2. The highest BCUT2D eigenvalue weighted by atomic mass is 16.5. The number of aryl methyl sites for hydroxylation is 1. The number of aromatic carboxylic acids is 1. The smallest absolute Gasteiger partial charge is 0.354 e. The third-order valence-electron chi connectivity index (χ3n) is 2.62. The first-order chi connectivity index (χ1) is 10.1. The monoisotopic (exact) mass is 288 g/mol. The molecule has 0 unspecified atom stereocenters. The molecule has 0 spiro atoms. The fourth-order valence-electron chi connectivity index (χ4n) is 1.68. The molecule has 0 saturated heterocycles. The Kier molecular flexibility index (Phi) is 4.65. The molecule has 2 heterocycles. The van der Waals surface area contributed by atoms with Crippen LogP contribution in [0.25, 0.3) is 0 Å². The van der Waals surface area contributed by atoms with Crippen LogP contribution in [0.1, 0.15) is 28.7 Å². The highest BCUT2D eigenvalue weighted by Gasteiger charge is 2.05. The number of ether oxygens (including phenoxy) is 1. The topological polar surface area (TPSA) is 97.2 Å². The number of rotatable bonds is 6. The van der Waals surface area contributed by atoms with E-state index in [-0.39, 0.29) is 5.69 Å². The number of anilines is 1. The summed E-state index contributed by atoms with van der Waals surface area (Å²) in [4.78, 5) is 23.1. The van der Waals surface area contributed by atoms with Gasteiger partial charge in [-0.2, -0.15) is 4.98 Å². The molecule has 0 aliphatic carbocycles. The lowest BCUT2D eigenvalue weighted by Gasteiger charge is -2.08. The van der Waals surface area contributed by atoms with Crippen LogP contribution in [-0.2, 0) is 6.54 Å². The predicted octanol–water partition coefficient (Wildman–Crippen LogP) is 1.89. The summed E-state index contributed by atoms with van der Waals surface area (Å²) in [5.74, 6) is -0.0644. The molecule has 0 aliphatic rings. The molecule has 0 saturated carbocycles. The summed E-state index contributed by atoms with van der Waals surface area (Å²) in [5, 5.41) is 11.8. The zero-order valence-electron chi connectivity index (χ0n) is 11.8. The van der Waals surface area contributed by atoms with Crippen LogP contribution in [0.2, 0.25) is 0 Å². The van der Waals surface area contributed by atoms with Gasteiger partial charge in [-0.25, -0.2) is 14.8 Å². The maximum Gasteiger partial charge on any atom is 0.354 e. The summed E-state index contributed by atoms with van der Waals surface area (Å²) in [5.41, 5.74) is 1.66. The fraction of sp³-hybridized carbons (Fsp3) is 0.286. The molecule has 21 heavy (non-hydrogen) atoms. The quantitative estimate of drug-likeness (QED) is 0.837. The van der Waals surface area contributed by atoms with Crippen molar-refractivity contribution in [3.63, 3.8) is 0 Å². The van der Waals surface area contributed by atoms with Crippen molar-refractivity contribution < 1.29 is 14.6 Å². The van der Waals surface area contributed by atoms with Crippen LogP contribution in [-0.4, -0.2) is 32.6 Å². The highest BCUT2D eigenvalue weighted by molar-refractivity contribution is 5.85. The molecule has 2 aromatic heterocycles. The Morgan fingerprint density at radius 2 is 2.19 bits per heavy atom. The molecule has 110 valence electrons. The average molecular weight is 288 g/mol. The molecule has 0 atom stereocenters. The maximum atomic E-state index is 10.7. The number of aromatic nitrogens is 3. The lowest BCUT2D eigenvalue weighted by molar-refractivity contribution is 0.0690. The molecule has 0 bridgehead atoms. The van der Waals surface area contributed by atoms with E-state index in [1.165, 1.54) is 12.3 Å². The molecule has 2 aromatic rings. The summed E-state index contributed by atoms with van der Waals surface area (Å²) in [6.45, 7) is 4.73. The van der Waals surface area contributed by atoms with Crippen molar-refractivity contribution in [2.75, 3.05) is 11.9 Å². The van der Waals surface area contributed by atoms with E-state index in [2.05, 4.69) is 20.3 Å². The average Bonchev–Trinajstić information content (AvgIpc) is 2.45. The first-order valence-electron chi connectivity index (χ1n) is 6.49. The number of carboxylic acid groups (broad SMARTS) is 1. The van der Waals surface area contributed by atoms with Gasteiger partial charge in [-0.05, 0) is 25.5 Å². The third-order valence-corrected chi connectivity index (χ3v) is 2.62. The van der Waals surface area contributed by atoms with Gasteiger partial charge in [0.25, 0.3) is 0 Å². The van der Waals surface area contributed by atoms with Gasteiger partial charge in [-0.1, -0.05) is 6.07 Å². The minimum atomic E-state index is -1.04. The lowest BCUT2D eigenvalue weighted by Crippen LogP contribution is -2.07. The van der Waals surface area contributed by atoms with Crippen LogP contribution in [0, 0.1) is 6.92 Å². The second kappa shape index (κ2) is 6.65. The molecule has 0 amide bonds. The van der Waals surface area contributed by atoms with Crippen molar-refractivity contribution in [3.8, 4) is 5.88 Å². The lowest BCUT2D eigenvalue weighted by atomic mass is 10.2. The van der Waals surface area contributed by atoms with Gasteiger partial charge in [0.1, 0.15) is 5.69 Å². The van der Waals surface area contributed by atoms with E-state index in [0.717, 1.165) is 11.3 Å². The second-order valence-electron chi connectivity index (χ2n) is 4.31. The standard InChI is InChI=1S/C14H16N4O3/c1-3-21-12-6-9(2)17-14(18-12)16-8-10-4-5-11(13(19)20)15-7-10/h4-7H,3,8H2,1-2H3,(H,19,20)(H,16,17,18). The van der Waals surface area contributed by atoms with Crippen molar-refractivity contribution in [1.29, 1.82) is 0 Å². The first kappa shape index (κ1) is 14.7. The number of pyridine rings is 1. The number of carbonyl (C=O) groups is 1. The first-order valence-corrected chi connectivity index (χ1v) is 6.49. The normalized spacial score (nSPS) is 10.2. The SMILES string of the molecule is CCOc1cc(C)nc(NCc2ccc(C(=O)O)nc2)n1. The van der Waals surface area contributed by atoms with Gasteiger partial charge in [-0.15, -0.1) is 0 Å². The van der Waals surface area contributed by atoms with Crippen LogP contribution in [0.4, 0.5) is 5.95 Å². The van der Waals surface area contributed by atoms with E-state index < -0.39 is 5.97 Å². The Bertz CT molecular complexity index is 629. The Labute approximate surface area is 122 Å². The molecule has 7 nitrogen and oxygen atoms in total. The third kappa shape index (κ3) is 4.13. The number of hydrogen-bond acceptors (Lipinski definition) is 6. The predicted molar refractivity (Wildman–Crippen MR) is 76.5 cm³/mol. The summed E-state index contributed by atoms with van der Waals surface area (Å²) < 4.78 is 5.35. The second-order valence-corrected chi connectivity index (χ2v) is 4.31. The fourth-order valence-corrected chi connectivity index (χ4v) is 1.68. The van der Waals surface area contributed by atoms with Gasteiger partial charge >= 0.3 is 5.97 Å². The van der Waals surface area contributed by atoms with Gasteiger partial charge in [0.15, 0.2) is 0 Å². The Morgan fingerprint density at radius 3 is 2.81 bits per heavy atom. The van der Waals surface area contributed by atoms with Crippen molar-refractivity contribution >= 4 is 11.9 Å². The Balaban J connectivity index is 2.03. The van der Waals surface area contributed by atoms with Gasteiger partial charge in [0.05, 0.1) is 6.61 Å². The zero-order valence-corrected chi connectivity index (χ0v) is 11.8. The summed E-state index contributed by atoms with van der Waals surface area (Å²) in [6.07, 6.45) is 1.51. The van der Waals surface area contributed by atoms with E-state index in [1.54, 1.807) is 12.1 Å². The van der Waals surface area contributed by atoms with E-state index in [9.17, 15) is 4.79 Å². The summed E-state index contributed by atoms with van der Waals surface area (Å²) in [6, 6.07) is 4.92. The van der Waals surface area contributed by atoms with E-state index in [0.29, 0.717) is 25.0 Å². The van der Waals surface area contributed by atoms with E-state index in [1.807, 2.05) is 13.8 Å². The van der Waals surface area contributed by atoms with Crippen LogP contribution >= 0.6 is 0 Å². The van der Waals surface area contributed by atoms with Crippen LogP contribution < -0.4 is 10.1 Å². The molecule has 0 aromatic carbocycles. The van der Waals surface area contributed by atoms with Crippen LogP contribution in [0.5, 0.6) is 5.88 Å². The maximum absolute atomic E-state index is 10.7. The zero-order chi connectivity index (χ0) is 15.2. The molecule has 2 N–H and O–H groups in total. The van der Waals surface area contributed by atoms with E-state index >= 15 is 0 Å².